The van der Waals surface area contributed by atoms with Crippen LogP contribution >= 0.6 is 0 Å². The molecule has 19 heavy (non-hydrogen) atoms. The van der Waals surface area contributed by atoms with Crippen molar-refractivity contribution in [2.75, 3.05) is 19.6 Å². The highest BCUT2D eigenvalue weighted by Gasteiger charge is 2.26. The van der Waals surface area contributed by atoms with Crippen LogP contribution in [0.15, 0.2) is 0 Å². The van der Waals surface area contributed by atoms with Crippen molar-refractivity contribution >= 4 is 18.3 Å². The van der Waals surface area contributed by atoms with Crippen molar-refractivity contribution in [3.63, 3.8) is 0 Å². The minimum Gasteiger partial charge on any atom is -0.481 e. The molecule has 0 aromatic heterocycles. The number of piperazine rings is 1. The molecule has 0 aromatic carbocycles. The maximum Gasteiger partial charge on any atom is 0.300 e. The van der Waals surface area contributed by atoms with Gasteiger partial charge in [-0.1, -0.05) is 0 Å². The highest BCUT2D eigenvalue weighted by molar-refractivity contribution is 5.83. The standard InChI is InChI=1S/C10H19N3O2.C2H4O2/c1-10(2,3)12-9(15)8-6-13(7-14)5-4-11-8;1-2(3)4/h7-8,11H,4-6H2,1-3H3,(H,12,15);1H3,(H,3,4)/t8-;/m0./s1. The Bertz CT molecular complexity index is 321. The summed E-state index contributed by atoms with van der Waals surface area (Å²) in [6.07, 6.45) is 0.790. The molecule has 1 aliphatic heterocycles. The largest absolute Gasteiger partial charge is 0.481 e. The SMILES string of the molecule is CC(=O)O.CC(C)(C)NC(=O)[C@@H]1CN(C=O)CCN1. The van der Waals surface area contributed by atoms with Crippen LogP contribution in [0.3, 0.4) is 0 Å². The number of aliphatic carboxylic acids is 1. The Morgan fingerprint density at radius 2 is 1.95 bits per heavy atom. The zero-order valence-corrected chi connectivity index (χ0v) is 11.9. The molecule has 0 aromatic rings. The van der Waals surface area contributed by atoms with Gasteiger partial charge in [-0.2, -0.15) is 0 Å². The van der Waals surface area contributed by atoms with E-state index in [0.29, 0.717) is 19.6 Å². The number of amides is 2. The van der Waals surface area contributed by atoms with Gasteiger partial charge in [-0.25, -0.2) is 0 Å². The Morgan fingerprint density at radius 3 is 2.37 bits per heavy atom. The molecular weight excluding hydrogens is 250 g/mol. The first-order valence-corrected chi connectivity index (χ1v) is 6.10. The Morgan fingerprint density at radius 1 is 1.42 bits per heavy atom. The molecule has 110 valence electrons. The third-order valence-electron chi connectivity index (χ3n) is 2.17. The van der Waals surface area contributed by atoms with Crippen LogP contribution in [-0.2, 0) is 14.4 Å². The summed E-state index contributed by atoms with van der Waals surface area (Å²) in [7, 11) is 0. The van der Waals surface area contributed by atoms with Gasteiger partial charge in [0.15, 0.2) is 0 Å². The van der Waals surface area contributed by atoms with E-state index in [1.807, 2.05) is 20.8 Å². The Kier molecular flexibility index (Phi) is 7.06. The van der Waals surface area contributed by atoms with Crippen LogP contribution in [0.1, 0.15) is 27.7 Å². The normalized spacial score (nSPS) is 18.9. The summed E-state index contributed by atoms with van der Waals surface area (Å²) in [5, 5.41) is 13.4. The molecule has 1 fully saturated rings. The molecule has 0 spiro atoms. The molecule has 0 saturated carbocycles. The van der Waals surface area contributed by atoms with E-state index in [0.717, 1.165) is 13.3 Å². The fourth-order valence-electron chi connectivity index (χ4n) is 1.50. The first-order valence-electron chi connectivity index (χ1n) is 6.10. The van der Waals surface area contributed by atoms with Gasteiger partial charge in [0.2, 0.25) is 12.3 Å². The van der Waals surface area contributed by atoms with Crippen molar-refractivity contribution in [2.24, 2.45) is 0 Å². The molecule has 0 unspecified atom stereocenters. The van der Waals surface area contributed by atoms with Gasteiger partial charge in [0, 0.05) is 32.1 Å². The lowest BCUT2D eigenvalue weighted by atomic mass is 10.1. The van der Waals surface area contributed by atoms with Crippen LogP contribution in [0.2, 0.25) is 0 Å². The molecule has 7 heteroatoms. The number of carboxylic acid groups (broad SMARTS) is 1. The monoisotopic (exact) mass is 273 g/mol. The molecule has 3 N–H and O–H groups in total. The topological polar surface area (TPSA) is 98.7 Å². The number of hydrogen-bond acceptors (Lipinski definition) is 4. The Hall–Kier alpha value is -1.63. The van der Waals surface area contributed by atoms with Gasteiger partial charge in [-0.15, -0.1) is 0 Å². The molecule has 1 heterocycles. The predicted octanol–water partition coefficient (Wildman–Crippen LogP) is -0.578. The highest BCUT2D eigenvalue weighted by Crippen LogP contribution is 2.02. The number of carboxylic acids is 1. The second-order valence-corrected chi connectivity index (χ2v) is 5.37. The minimum absolute atomic E-state index is 0.0472. The molecule has 1 rings (SSSR count). The fourth-order valence-corrected chi connectivity index (χ4v) is 1.50. The second kappa shape index (κ2) is 7.73. The zero-order chi connectivity index (χ0) is 15.1. The summed E-state index contributed by atoms with van der Waals surface area (Å²) in [5.74, 6) is -0.881. The summed E-state index contributed by atoms with van der Waals surface area (Å²) in [6.45, 7) is 8.68. The van der Waals surface area contributed by atoms with Crippen LogP contribution in [0.4, 0.5) is 0 Å². The number of carbonyl (C=O) groups is 3. The number of rotatable bonds is 2. The summed E-state index contributed by atoms with van der Waals surface area (Å²) < 4.78 is 0. The van der Waals surface area contributed by atoms with Crippen LogP contribution < -0.4 is 10.6 Å². The van der Waals surface area contributed by atoms with Gasteiger partial charge in [0.25, 0.3) is 5.97 Å². The lowest BCUT2D eigenvalue weighted by Gasteiger charge is -2.32. The zero-order valence-electron chi connectivity index (χ0n) is 11.9. The number of nitrogens with zero attached hydrogens (tertiary/aromatic N) is 1. The smallest absolute Gasteiger partial charge is 0.300 e. The van der Waals surface area contributed by atoms with E-state index in [1.54, 1.807) is 4.90 Å². The molecule has 0 aliphatic carbocycles. The van der Waals surface area contributed by atoms with Crippen molar-refractivity contribution in [3.05, 3.63) is 0 Å². The first kappa shape index (κ1) is 17.4. The van der Waals surface area contributed by atoms with E-state index in [2.05, 4.69) is 10.6 Å². The van der Waals surface area contributed by atoms with Gasteiger partial charge in [-0.05, 0) is 20.8 Å². The lowest BCUT2D eigenvalue weighted by Crippen LogP contribution is -2.59. The van der Waals surface area contributed by atoms with Crippen molar-refractivity contribution < 1.29 is 19.5 Å². The van der Waals surface area contributed by atoms with Gasteiger partial charge in [0.05, 0.1) is 0 Å². The Balaban J connectivity index is 0.000000711. The van der Waals surface area contributed by atoms with Gasteiger partial charge >= 0.3 is 0 Å². The van der Waals surface area contributed by atoms with Gasteiger partial charge < -0.3 is 20.6 Å². The molecule has 0 radical (unpaired) electrons. The van der Waals surface area contributed by atoms with E-state index in [4.69, 9.17) is 9.90 Å². The van der Waals surface area contributed by atoms with Crippen LogP contribution in [-0.4, -0.2) is 59.5 Å². The maximum absolute atomic E-state index is 11.8. The first-order chi connectivity index (χ1) is 8.65. The molecule has 2 amide bonds. The molecule has 1 saturated heterocycles. The van der Waals surface area contributed by atoms with E-state index in [9.17, 15) is 9.59 Å². The lowest BCUT2D eigenvalue weighted by molar-refractivity contribution is -0.134. The van der Waals surface area contributed by atoms with E-state index in [1.165, 1.54) is 0 Å². The number of nitrogens with one attached hydrogen (secondary N) is 2. The second-order valence-electron chi connectivity index (χ2n) is 5.37. The van der Waals surface area contributed by atoms with Gasteiger partial charge in [0.1, 0.15) is 6.04 Å². The van der Waals surface area contributed by atoms with E-state index >= 15 is 0 Å². The van der Waals surface area contributed by atoms with Crippen LogP contribution in [0.25, 0.3) is 0 Å². The van der Waals surface area contributed by atoms with Gasteiger partial charge in [-0.3, -0.25) is 14.4 Å². The minimum atomic E-state index is -0.833. The van der Waals surface area contributed by atoms with Crippen molar-refractivity contribution in [1.29, 1.82) is 0 Å². The molecular formula is C12H23N3O4. The molecule has 0 bridgehead atoms. The predicted molar refractivity (Wildman–Crippen MR) is 70.6 cm³/mol. The third-order valence-corrected chi connectivity index (χ3v) is 2.17. The molecule has 1 aliphatic rings. The number of hydrogen-bond donors (Lipinski definition) is 3. The van der Waals surface area contributed by atoms with Crippen LogP contribution in [0, 0.1) is 0 Å². The van der Waals surface area contributed by atoms with Crippen molar-refractivity contribution in [3.8, 4) is 0 Å². The highest BCUT2D eigenvalue weighted by atomic mass is 16.4. The third kappa shape index (κ3) is 9.01. The summed E-state index contributed by atoms with van der Waals surface area (Å²) in [6, 6.07) is -0.289. The Labute approximate surface area is 113 Å². The average molecular weight is 273 g/mol. The number of carbonyl (C=O) groups excluding carboxylic acids is 2. The van der Waals surface area contributed by atoms with E-state index in [-0.39, 0.29) is 17.5 Å². The van der Waals surface area contributed by atoms with Crippen LogP contribution in [0.5, 0.6) is 0 Å². The van der Waals surface area contributed by atoms with Crippen molar-refractivity contribution in [1.82, 2.24) is 15.5 Å². The maximum atomic E-state index is 11.8. The molecule has 7 nitrogen and oxygen atoms in total. The summed E-state index contributed by atoms with van der Waals surface area (Å²) in [4.78, 5) is 33.0. The summed E-state index contributed by atoms with van der Waals surface area (Å²) in [5.41, 5.74) is -0.234. The summed E-state index contributed by atoms with van der Waals surface area (Å²) >= 11 is 0. The van der Waals surface area contributed by atoms with Crippen molar-refractivity contribution in [2.45, 2.75) is 39.3 Å². The quantitative estimate of drug-likeness (QED) is 0.585. The fraction of sp³-hybridized carbons (Fsp3) is 0.750. The average Bonchev–Trinajstić information content (AvgIpc) is 2.26. The molecule has 1 atom stereocenters. The van der Waals surface area contributed by atoms with E-state index < -0.39 is 5.97 Å².